The maximum atomic E-state index is 11.4. The van der Waals surface area contributed by atoms with Crippen LogP contribution in [0.25, 0.3) is 5.65 Å². The number of aromatic nitrogens is 2. The Balaban J connectivity index is 2.13. The van der Waals surface area contributed by atoms with E-state index >= 15 is 0 Å². The van der Waals surface area contributed by atoms with Crippen molar-refractivity contribution >= 4 is 11.6 Å². The molecule has 0 bridgehead atoms. The monoisotopic (exact) mass is 275 g/mol. The number of aliphatic carboxylic acids is 1. The molecule has 0 radical (unpaired) electrons. The van der Waals surface area contributed by atoms with E-state index in [0.29, 0.717) is 6.54 Å². The fourth-order valence-corrected chi connectivity index (χ4v) is 1.87. The molecule has 2 heterocycles. The molecule has 5 nitrogen and oxygen atoms in total. The molecule has 2 rings (SSSR count). The van der Waals surface area contributed by atoms with E-state index in [1.165, 1.54) is 0 Å². The third-order valence-corrected chi connectivity index (χ3v) is 4.22. The molecule has 0 aromatic carbocycles. The molecule has 2 N–H and O–H groups in total. The maximum Gasteiger partial charge on any atom is 0.310 e. The summed E-state index contributed by atoms with van der Waals surface area (Å²) in [4.78, 5) is 15.9. The van der Waals surface area contributed by atoms with Crippen molar-refractivity contribution in [2.75, 3.05) is 0 Å². The van der Waals surface area contributed by atoms with E-state index in [1.807, 2.05) is 48.8 Å². The largest absolute Gasteiger partial charge is 0.481 e. The SMILES string of the molecule is CC(C)(NCc1cn2ccccc2n1)C(C)(C)C(=O)O. The summed E-state index contributed by atoms with van der Waals surface area (Å²) < 4.78 is 1.95. The van der Waals surface area contributed by atoms with Crippen LogP contribution in [-0.4, -0.2) is 26.0 Å². The first kappa shape index (κ1) is 14.5. The van der Waals surface area contributed by atoms with Gasteiger partial charge in [-0.3, -0.25) is 4.79 Å². The number of hydrogen-bond acceptors (Lipinski definition) is 3. The van der Waals surface area contributed by atoms with Gasteiger partial charge in [0.25, 0.3) is 0 Å². The first-order valence-corrected chi connectivity index (χ1v) is 6.65. The van der Waals surface area contributed by atoms with Crippen LogP contribution in [0.1, 0.15) is 33.4 Å². The maximum absolute atomic E-state index is 11.4. The summed E-state index contributed by atoms with van der Waals surface area (Å²) in [6, 6.07) is 5.83. The normalized spacial score (nSPS) is 12.8. The molecular formula is C15H21N3O2. The van der Waals surface area contributed by atoms with Crippen molar-refractivity contribution in [1.82, 2.24) is 14.7 Å². The van der Waals surface area contributed by atoms with E-state index in [9.17, 15) is 9.90 Å². The molecule has 5 heteroatoms. The van der Waals surface area contributed by atoms with Crippen LogP contribution >= 0.6 is 0 Å². The van der Waals surface area contributed by atoms with E-state index in [1.54, 1.807) is 13.8 Å². The standard InChI is InChI=1S/C15H21N3O2/c1-14(2,13(19)20)15(3,4)16-9-11-10-18-8-6-5-7-12(18)17-11/h5-8,10,16H,9H2,1-4H3,(H,19,20). The first-order valence-electron chi connectivity index (χ1n) is 6.65. The summed E-state index contributed by atoms with van der Waals surface area (Å²) >= 11 is 0. The average molecular weight is 275 g/mol. The fraction of sp³-hybridized carbons (Fsp3) is 0.467. The molecule has 0 aliphatic carbocycles. The average Bonchev–Trinajstić information content (AvgIpc) is 2.78. The number of rotatable bonds is 5. The van der Waals surface area contributed by atoms with Crippen LogP contribution in [0, 0.1) is 5.41 Å². The number of fused-ring (bicyclic) bond motifs is 1. The molecule has 0 unspecified atom stereocenters. The number of hydrogen-bond donors (Lipinski definition) is 2. The Morgan fingerprint density at radius 2 is 2.05 bits per heavy atom. The van der Waals surface area contributed by atoms with E-state index in [0.717, 1.165) is 11.3 Å². The van der Waals surface area contributed by atoms with Crippen molar-refractivity contribution in [3.8, 4) is 0 Å². The van der Waals surface area contributed by atoms with Gasteiger partial charge in [0.15, 0.2) is 0 Å². The van der Waals surface area contributed by atoms with Gasteiger partial charge in [-0.25, -0.2) is 4.98 Å². The van der Waals surface area contributed by atoms with E-state index in [2.05, 4.69) is 10.3 Å². The van der Waals surface area contributed by atoms with Gasteiger partial charge in [-0.05, 0) is 39.8 Å². The lowest BCUT2D eigenvalue weighted by Gasteiger charge is -2.38. The molecule has 0 aliphatic rings. The fourth-order valence-electron chi connectivity index (χ4n) is 1.87. The van der Waals surface area contributed by atoms with Gasteiger partial charge in [0.1, 0.15) is 5.65 Å². The van der Waals surface area contributed by atoms with Crippen molar-refractivity contribution in [2.45, 2.75) is 39.8 Å². The molecular weight excluding hydrogens is 254 g/mol. The Kier molecular flexibility index (Phi) is 3.56. The highest BCUT2D eigenvalue weighted by atomic mass is 16.4. The van der Waals surface area contributed by atoms with Crippen molar-refractivity contribution in [3.63, 3.8) is 0 Å². The Labute approximate surface area is 118 Å². The minimum atomic E-state index is -0.869. The quantitative estimate of drug-likeness (QED) is 0.878. The van der Waals surface area contributed by atoms with Crippen LogP contribution in [0.3, 0.4) is 0 Å². The van der Waals surface area contributed by atoms with Gasteiger partial charge in [0.05, 0.1) is 11.1 Å². The van der Waals surface area contributed by atoms with Crippen molar-refractivity contribution in [2.24, 2.45) is 5.41 Å². The molecule has 20 heavy (non-hydrogen) atoms. The highest BCUT2D eigenvalue weighted by Gasteiger charge is 2.43. The second-order valence-corrected chi connectivity index (χ2v) is 6.11. The third kappa shape index (κ3) is 2.54. The van der Waals surface area contributed by atoms with E-state index in [4.69, 9.17) is 0 Å². The van der Waals surface area contributed by atoms with Crippen LogP contribution in [-0.2, 0) is 11.3 Å². The number of pyridine rings is 1. The molecule has 0 atom stereocenters. The van der Waals surface area contributed by atoms with Gasteiger partial charge in [-0.1, -0.05) is 6.07 Å². The molecule has 0 saturated heterocycles. The zero-order chi connectivity index (χ0) is 15.0. The zero-order valence-electron chi connectivity index (χ0n) is 12.3. The lowest BCUT2D eigenvalue weighted by atomic mass is 9.74. The van der Waals surface area contributed by atoms with Gasteiger partial charge >= 0.3 is 5.97 Å². The van der Waals surface area contributed by atoms with Crippen LogP contribution < -0.4 is 5.32 Å². The van der Waals surface area contributed by atoms with E-state index < -0.39 is 16.9 Å². The Morgan fingerprint density at radius 3 is 2.65 bits per heavy atom. The lowest BCUT2D eigenvalue weighted by molar-refractivity contribution is -0.151. The van der Waals surface area contributed by atoms with Crippen LogP contribution in [0.15, 0.2) is 30.6 Å². The summed E-state index contributed by atoms with van der Waals surface area (Å²) in [6.45, 7) is 7.79. The number of carboxylic acids is 1. The van der Waals surface area contributed by atoms with Gasteiger partial charge in [0, 0.05) is 24.5 Å². The molecule has 0 amide bonds. The summed E-state index contributed by atoms with van der Waals surface area (Å²) in [6.07, 6.45) is 3.89. The molecule has 108 valence electrons. The lowest BCUT2D eigenvalue weighted by Crippen LogP contribution is -2.54. The summed E-state index contributed by atoms with van der Waals surface area (Å²) in [5.74, 6) is -0.815. The predicted octanol–water partition coefficient (Wildman–Crippen LogP) is 2.31. The number of carboxylic acid groups (broad SMARTS) is 1. The third-order valence-electron chi connectivity index (χ3n) is 4.22. The number of nitrogens with one attached hydrogen (secondary N) is 1. The summed E-state index contributed by atoms with van der Waals surface area (Å²) in [5, 5.41) is 12.6. The number of nitrogens with zero attached hydrogens (tertiary/aromatic N) is 2. The molecule has 2 aromatic rings. The van der Waals surface area contributed by atoms with Crippen molar-refractivity contribution < 1.29 is 9.90 Å². The van der Waals surface area contributed by atoms with Crippen molar-refractivity contribution in [1.29, 1.82) is 0 Å². The first-order chi connectivity index (χ1) is 9.24. The van der Waals surface area contributed by atoms with Gasteiger partial charge in [-0.2, -0.15) is 0 Å². The second-order valence-electron chi connectivity index (χ2n) is 6.11. The minimum absolute atomic E-state index is 0.533. The molecule has 0 saturated carbocycles. The smallest absolute Gasteiger partial charge is 0.310 e. The molecule has 0 spiro atoms. The molecule has 2 aromatic heterocycles. The Hall–Kier alpha value is -1.88. The van der Waals surface area contributed by atoms with Crippen LogP contribution in [0.2, 0.25) is 0 Å². The topological polar surface area (TPSA) is 66.6 Å². The van der Waals surface area contributed by atoms with Crippen LogP contribution in [0.5, 0.6) is 0 Å². The van der Waals surface area contributed by atoms with Crippen molar-refractivity contribution in [3.05, 3.63) is 36.3 Å². The van der Waals surface area contributed by atoms with Gasteiger partial charge in [-0.15, -0.1) is 0 Å². The predicted molar refractivity (Wildman–Crippen MR) is 77.5 cm³/mol. The highest BCUT2D eigenvalue weighted by molar-refractivity contribution is 5.75. The van der Waals surface area contributed by atoms with Gasteiger partial charge < -0.3 is 14.8 Å². The molecule has 0 fully saturated rings. The number of imidazole rings is 1. The zero-order valence-corrected chi connectivity index (χ0v) is 12.3. The summed E-state index contributed by atoms with van der Waals surface area (Å²) in [7, 11) is 0. The Morgan fingerprint density at radius 1 is 1.35 bits per heavy atom. The number of carbonyl (C=O) groups is 1. The highest BCUT2D eigenvalue weighted by Crippen LogP contribution is 2.30. The van der Waals surface area contributed by atoms with Gasteiger partial charge in [0.2, 0.25) is 0 Å². The Bertz CT molecular complexity index is 596. The molecule has 0 aliphatic heterocycles. The van der Waals surface area contributed by atoms with E-state index in [-0.39, 0.29) is 0 Å². The second kappa shape index (κ2) is 4.90. The summed E-state index contributed by atoms with van der Waals surface area (Å²) in [5.41, 5.74) is 0.367. The minimum Gasteiger partial charge on any atom is -0.481 e. The van der Waals surface area contributed by atoms with Crippen LogP contribution in [0.4, 0.5) is 0 Å².